The van der Waals surface area contributed by atoms with Crippen LogP contribution in [-0.4, -0.2) is 41.6 Å². The number of anilines is 1. The van der Waals surface area contributed by atoms with Crippen molar-refractivity contribution < 1.29 is 9.53 Å². The molecule has 110 valence electrons. The fraction of sp³-hybridized carbons (Fsp3) is 0.500. The van der Waals surface area contributed by atoms with E-state index in [-0.39, 0.29) is 5.91 Å². The highest BCUT2D eigenvalue weighted by Gasteiger charge is 2.19. The number of ether oxygens (including phenoxy) is 1. The Bertz CT molecular complexity index is 462. The monoisotopic (exact) mass is 312 g/mol. The molecule has 0 saturated carbocycles. The number of hydrogen-bond acceptors (Lipinski definition) is 5. The Hall–Kier alpha value is -1.01. The molecule has 0 aliphatic carbocycles. The summed E-state index contributed by atoms with van der Waals surface area (Å²) in [4.78, 5) is 12.3. The van der Waals surface area contributed by atoms with Gasteiger partial charge < -0.3 is 15.8 Å². The molecule has 0 spiro atoms. The molecule has 20 heavy (non-hydrogen) atoms. The lowest BCUT2D eigenvalue weighted by atomic mass is 10.1. The molecule has 6 heteroatoms. The van der Waals surface area contributed by atoms with Crippen molar-refractivity contribution in [1.29, 1.82) is 0 Å². The van der Waals surface area contributed by atoms with E-state index in [2.05, 4.69) is 5.32 Å². The second-order valence-electron chi connectivity index (χ2n) is 4.43. The number of nitrogens with two attached hydrogens (primary N) is 1. The van der Waals surface area contributed by atoms with Gasteiger partial charge in [0.25, 0.3) is 5.91 Å². The first kappa shape index (κ1) is 15.4. The van der Waals surface area contributed by atoms with E-state index >= 15 is 0 Å². The van der Waals surface area contributed by atoms with E-state index in [4.69, 9.17) is 10.5 Å². The predicted octanol–water partition coefficient (Wildman–Crippen LogP) is 2.25. The molecule has 0 bridgehead atoms. The van der Waals surface area contributed by atoms with Crippen LogP contribution in [0.2, 0.25) is 0 Å². The minimum atomic E-state index is -0.150. The third-order valence-electron chi connectivity index (χ3n) is 2.96. The van der Waals surface area contributed by atoms with Gasteiger partial charge in [-0.1, -0.05) is 6.07 Å². The summed E-state index contributed by atoms with van der Waals surface area (Å²) >= 11 is 3.86. The molecule has 1 aliphatic heterocycles. The molecular weight excluding hydrogens is 292 g/mol. The van der Waals surface area contributed by atoms with Crippen LogP contribution in [0.1, 0.15) is 17.3 Å². The first-order valence-corrected chi connectivity index (χ1v) is 8.91. The normalized spacial score (nSPS) is 18.6. The van der Waals surface area contributed by atoms with E-state index in [1.165, 1.54) is 5.75 Å². The Kier molecular flexibility index (Phi) is 5.91. The van der Waals surface area contributed by atoms with Gasteiger partial charge in [0.05, 0.1) is 6.61 Å². The van der Waals surface area contributed by atoms with Crippen LogP contribution in [0.25, 0.3) is 0 Å². The molecule has 1 unspecified atom stereocenters. The summed E-state index contributed by atoms with van der Waals surface area (Å²) in [5.74, 6) is 3.85. The van der Waals surface area contributed by atoms with Crippen molar-refractivity contribution in [3.8, 4) is 5.75 Å². The number of amides is 1. The molecule has 1 saturated heterocycles. The minimum absolute atomic E-state index is 0.150. The predicted molar refractivity (Wildman–Crippen MR) is 87.9 cm³/mol. The number of carbonyl (C=O) groups is 1. The highest BCUT2D eigenvalue weighted by molar-refractivity contribution is 8.06. The van der Waals surface area contributed by atoms with Gasteiger partial charge in [-0.2, -0.15) is 23.5 Å². The highest BCUT2D eigenvalue weighted by atomic mass is 32.2. The van der Waals surface area contributed by atoms with Crippen molar-refractivity contribution in [3.63, 3.8) is 0 Å². The fourth-order valence-corrected chi connectivity index (χ4v) is 4.63. The Morgan fingerprint density at radius 3 is 3.05 bits per heavy atom. The van der Waals surface area contributed by atoms with Crippen LogP contribution in [0.5, 0.6) is 5.75 Å². The lowest BCUT2D eigenvalue weighted by Crippen LogP contribution is -2.34. The number of hydrogen-bond donors (Lipinski definition) is 2. The topological polar surface area (TPSA) is 64.3 Å². The number of nitrogen functional groups attached to an aromatic ring is 1. The number of carbonyl (C=O) groups excluding carboxylic acids is 1. The van der Waals surface area contributed by atoms with Gasteiger partial charge in [0.1, 0.15) is 11.3 Å². The van der Waals surface area contributed by atoms with E-state index in [9.17, 15) is 4.79 Å². The van der Waals surface area contributed by atoms with E-state index in [0.717, 1.165) is 11.5 Å². The molecule has 1 atom stereocenters. The SMILES string of the molecule is CCOc1cccc(N)c1C(=O)NCC1CSCCS1. The molecule has 1 fully saturated rings. The quantitative estimate of drug-likeness (QED) is 0.817. The summed E-state index contributed by atoms with van der Waals surface area (Å²) in [7, 11) is 0. The van der Waals surface area contributed by atoms with Gasteiger partial charge in [0, 0.05) is 34.7 Å². The van der Waals surface area contributed by atoms with Crippen LogP contribution in [0.4, 0.5) is 5.69 Å². The van der Waals surface area contributed by atoms with Gasteiger partial charge in [-0.15, -0.1) is 0 Å². The molecule has 0 radical (unpaired) electrons. The highest BCUT2D eigenvalue weighted by Crippen LogP contribution is 2.26. The fourth-order valence-electron chi connectivity index (χ4n) is 2.02. The third-order valence-corrected chi connectivity index (χ3v) is 5.81. The van der Waals surface area contributed by atoms with Gasteiger partial charge in [0.15, 0.2) is 0 Å². The maximum atomic E-state index is 12.3. The number of benzene rings is 1. The second-order valence-corrected chi connectivity index (χ2v) is 6.99. The Morgan fingerprint density at radius 1 is 1.50 bits per heavy atom. The van der Waals surface area contributed by atoms with E-state index < -0.39 is 0 Å². The lowest BCUT2D eigenvalue weighted by molar-refractivity contribution is 0.0951. The average Bonchev–Trinajstić information content (AvgIpc) is 2.46. The summed E-state index contributed by atoms with van der Waals surface area (Å²) in [6.45, 7) is 3.08. The largest absolute Gasteiger partial charge is 0.493 e. The maximum Gasteiger partial charge on any atom is 0.257 e. The van der Waals surface area contributed by atoms with Gasteiger partial charge in [-0.05, 0) is 19.1 Å². The van der Waals surface area contributed by atoms with Crippen molar-refractivity contribution in [2.45, 2.75) is 12.2 Å². The molecule has 3 N–H and O–H groups in total. The Morgan fingerprint density at radius 2 is 2.35 bits per heavy atom. The summed E-state index contributed by atoms with van der Waals surface area (Å²) in [5, 5.41) is 3.46. The van der Waals surface area contributed by atoms with Crippen LogP contribution < -0.4 is 15.8 Å². The zero-order valence-corrected chi connectivity index (χ0v) is 13.2. The summed E-state index contributed by atoms with van der Waals surface area (Å²) < 4.78 is 5.48. The Balaban J connectivity index is 2.00. The van der Waals surface area contributed by atoms with Crippen molar-refractivity contribution in [2.75, 3.05) is 36.1 Å². The number of thioether (sulfide) groups is 2. The zero-order valence-electron chi connectivity index (χ0n) is 11.6. The first-order valence-electron chi connectivity index (χ1n) is 6.71. The van der Waals surface area contributed by atoms with E-state index in [0.29, 0.717) is 35.4 Å². The molecule has 1 heterocycles. The van der Waals surface area contributed by atoms with Gasteiger partial charge in [-0.25, -0.2) is 0 Å². The van der Waals surface area contributed by atoms with Crippen molar-refractivity contribution >= 4 is 35.1 Å². The smallest absolute Gasteiger partial charge is 0.257 e. The van der Waals surface area contributed by atoms with Gasteiger partial charge >= 0.3 is 0 Å². The molecule has 1 aliphatic rings. The van der Waals surface area contributed by atoms with E-state index in [1.54, 1.807) is 18.2 Å². The van der Waals surface area contributed by atoms with Crippen molar-refractivity contribution in [3.05, 3.63) is 23.8 Å². The van der Waals surface area contributed by atoms with Gasteiger partial charge in [0.2, 0.25) is 0 Å². The van der Waals surface area contributed by atoms with Crippen LogP contribution in [0, 0.1) is 0 Å². The number of rotatable bonds is 5. The van der Waals surface area contributed by atoms with Crippen LogP contribution in [-0.2, 0) is 0 Å². The molecule has 4 nitrogen and oxygen atoms in total. The van der Waals surface area contributed by atoms with Gasteiger partial charge in [-0.3, -0.25) is 4.79 Å². The van der Waals surface area contributed by atoms with Crippen LogP contribution in [0.3, 0.4) is 0 Å². The van der Waals surface area contributed by atoms with Crippen molar-refractivity contribution in [1.82, 2.24) is 5.32 Å². The minimum Gasteiger partial charge on any atom is -0.493 e. The standard InChI is InChI=1S/C14H20N2O2S2/c1-2-18-12-5-3-4-11(15)13(12)14(17)16-8-10-9-19-6-7-20-10/h3-5,10H,2,6-9,15H2,1H3,(H,16,17). The van der Waals surface area contributed by atoms with E-state index in [1.807, 2.05) is 30.4 Å². The molecule has 1 aromatic rings. The van der Waals surface area contributed by atoms with Crippen LogP contribution in [0.15, 0.2) is 18.2 Å². The second kappa shape index (κ2) is 7.69. The molecule has 1 amide bonds. The summed E-state index contributed by atoms with van der Waals surface area (Å²) in [5.41, 5.74) is 6.82. The third kappa shape index (κ3) is 3.99. The maximum absolute atomic E-state index is 12.3. The van der Waals surface area contributed by atoms with Crippen molar-refractivity contribution in [2.24, 2.45) is 0 Å². The van der Waals surface area contributed by atoms with Crippen LogP contribution >= 0.6 is 23.5 Å². The Labute approximate surface area is 128 Å². The lowest BCUT2D eigenvalue weighted by Gasteiger charge is -2.21. The molecular formula is C14H20N2O2S2. The zero-order chi connectivity index (χ0) is 14.4. The molecule has 0 aromatic heterocycles. The average molecular weight is 312 g/mol. The molecule has 2 rings (SSSR count). The summed E-state index contributed by atoms with van der Waals surface area (Å²) in [6, 6.07) is 5.30. The first-order chi connectivity index (χ1) is 9.72. The number of nitrogens with one attached hydrogen (secondary N) is 1. The molecule has 1 aromatic carbocycles. The summed E-state index contributed by atoms with van der Waals surface area (Å²) in [6.07, 6.45) is 0.